The number of aryl methyl sites for hydroxylation is 1. The van der Waals surface area contributed by atoms with Gasteiger partial charge in [0, 0.05) is 25.9 Å². The highest BCUT2D eigenvalue weighted by molar-refractivity contribution is 5.95. The molecule has 134 valence electrons. The normalized spacial score (nSPS) is 18.4. The molecule has 2 rings (SSSR count). The molecule has 1 fully saturated rings. The molecule has 0 aromatic carbocycles. The summed E-state index contributed by atoms with van der Waals surface area (Å²) in [6.07, 6.45) is -5.47. The lowest BCUT2D eigenvalue weighted by molar-refractivity contribution is -0.138. The molecule has 2 heterocycles. The Kier molecular flexibility index (Phi) is 4.74. The number of carbonyl (C=O) groups is 1. The van der Waals surface area contributed by atoms with Gasteiger partial charge in [0.1, 0.15) is 11.4 Å². The first kappa shape index (κ1) is 18.4. The van der Waals surface area contributed by atoms with Gasteiger partial charge in [-0.25, -0.2) is 18.6 Å². The highest BCUT2D eigenvalue weighted by Crippen LogP contribution is 2.38. The van der Waals surface area contributed by atoms with E-state index in [0.29, 0.717) is 0 Å². The van der Waals surface area contributed by atoms with Crippen LogP contribution >= 0.6 is 0 Å². The number of anilines is 1. The molecule has 0 bridgehead atoms. The van der Waals surface area contributed by atoms with Crippen molar-refractivity contribution in [3.63, 3.8) is 0 Å². The number of carboxylic acids is 1. The molecule has 0 atom stereocenters. The summed E-state index contributed by atoms with van der Waals surface area (Å²) in [5, 5.41) is 9.35. The van der Waals surface area contributed by atoms with Gasteiger partial charge < -0.3 is 10.0 Å². The number of rotatable bonds is 2. The van der Waals surface area contributed by atoms with E-state index in [4.69, 9.17) is 0 Å². The molecule has 0 spiro atoms. The second kappa shape index (κ2) is 6.18. The van der Waals surface area contributed by atoms with Crippen molar-refractivity contribution in [2.45, 2.75) is 45.2 Å². The van der Waals surface area contributed by atoms with Crippen molar-refractivity contribution < 1.29 is 31.9 Å². The van der Waals surface area contributed by atoms with Crippen molar-refractivity contribution in [3.05, 3.63) is 22.4 Å². The average molecular weight is 352 g/mol. The van der Waals surface area contributed by atoms with E-state index in [1.54, 1.807) is 0 Å². The number of pyridine rings is 1. The molecule has 4 nitrogen and oxygen atoms in total. The third kappa shape index (κ3) is 3.59. The molecule has 0 aliphatic carbocycles. The minimum absolute atomic E-state index is 0.104. The van der Waals surface area contributed by atoms with E-state index in [9.17, 15) is 31.9 Å². The van der Waals surface area contributed by atoms with Gasteiger partial charge in [0.15, 0.2) is 0 Å². The first-order valence-electron chi connectivity index (χ1n) is 7.38. The van der Waals surface area contributed by atoms with E-state index in [1.807, 2.05) is 0 Å². The summed E-state index contributed by atoms with van der Waals surface area (Å²) in [6, 6.07) is 0. The summed E-state index contributed by atoms with van der Waals surface area (Å²) in [5.74, 6) is -4.60. The second-order valence-corrected chi connectivity index (χ2v) is 5.90. The lowest BCUT2D eigenvalue weighted by atomic mass is 10.0. The molecule has 0 radical (unpaired) electrons. The fraction of sp³-hybridized carbons (Fsp3) is 0.600. The number of halogens is 5. The maximum atomic E-state index is 13.5. The topological polar surface area (TPSA) is 53.4 Å². The molecule has 1 aromatic rings. The Labute approximate surface area is 135 Å². The first-order chi connectivity index (χ1) is 10.9. The standard InChI is InChI=1S/C15H17F5N2O2/c1-8-10(13(23)24)12(21-9(2)11(8)15(18,19)20)22-6-3-4-14(16,17)5-7-22/h3-7H2,1-2H3,(H,23,24). The zero-order chi connectivity index (χ0) is 18.3. The van der Waals surface area contributed by atoms with Crippen LogP contribution in [0, 0.1) is 13.8 Å². The number of nitrogens with zero attached hydrogens (tertiary/aromatic N) is 2. The fourth-order valence-corrected chi connectivity index (χ4v) is 3.01. The van der Waals surface area contributed by atoms with E-state index in [0.717, 1.165) is 13.8 Å². The lowest BCUT2D eigenvalue weighted by Crippen LogP contribution is -2.30. The van der Waals surface area contributed by atoms with Crippen molar-refractivity contribution in [2.24, 2.45) is 0 Å². The zero-order valence-electron chi connectivity index (χ0n) is 13.2. The molecule has 0 unspecified atom stereocenters. The first-order valence-corrected chi connectivity index (χ1v) is 7.38. The van der Waals surface area contributed by atoms with Crippen molar-refractivity contribution in [1.29, 1.82) is 0 Å². The van der Waals surface area contributed by atoms with Crippen LogP contribution < -0.4 is 4.90 Å². The quantitative estimate of drug-likeness (QED) is 0.816. The summed E-state index contributed by atoms with van der Waals surface area (Å²) >= 11 is 0. The average Bonchev–Trinajstić information content (AvgIpc) is 2.56. The van der Waals surface area contributed by atoms with Crippen LogP contribution in [-0.4, -0.2) is 35.1 Å². The third-order valence-corrected chi connectivity index (χ3v) is 4.12. The van der Waals surface area contributed by atoms with Gasteiger partial charge in [-0.3, -0.25) is 0 Å². The van der Waals surface area contributed by atoms with Crippen LogP contribution in [0.25, 0.3) is 0 Å². The van der Waals surface area contributed by atoms with Crippen LogP contribution in [0.15, 0.2) is 0 Å². The van der Waals surface area contributed by atoms with E-state index < -0.39 is 41.2 Å². The Hall–Kier alpha value is -1.93. The summed E-state index contributed by atoms with van der Waals surface area (Å²) in [7, 11) is 0. The monoisotopic (exact) mass is 352 g/mol. The molecule has 0 saturated carbocycles. The predicted molar refractivity (Wildman–Crippen MR) is 76.7 cm³/mol. The van der Waals surface area contributed by atoms with Gasteiger partial charge in [0.05, 0.1) is 11.3 Å². The van der Waals surface area contributed by atoms with Gasteiger partial charge >= 0.3 is 12.1 Å². The smallest absolute Gasteiger partial charge is 0.418 e. The Morgan fingerprint density at radius 2 is 1.83 bits per heavy atom. The van der Waals surface area contributed by atoms with E-state index in [2.05, 4.69) is 4.98 Å². The Balaban J connectivity index is 2.56. The molecule has 1 saturated heterocycles. The Morgan fingerprint density at radius 3 is 2.38 bits per heavy atom. The van der Waals surface area contributed by atoms with Crippen molar-refractivity contribution in [3.8, 4) is 0 Å². The van der Waals surface area contributed by atoms with Gasteiger partial charge in [-0.15, -0.1) is 0 Å². The van der Waals surface area contributed by atoms with E-state index >= 15 is 0 Å². The molecule has 1 aliphatic rings. The van der Waals surface area contributed by atoms with Gasteiger partial charge in [0.2, 0.25) is 5.92 Å². The van der Waals surface area contributed by atoms with Gasteiger partial charge in [0.25, 0.3) is 0 Å². The van der Waals surface area contributed by atoms with Crippen LogP contribution in [0.5, 0.6) is 0 Å². The molecule has 1 N–H and O–H groups in total. The summed E-state index contributed by atoms with van der Waals surface area (Å²) in [4.78, 5) is 16.7. The largest absolute Gasteiger partial charge is 0.478 e. The minimum atomic E-state index is -4.74. The number of hydrogen-bond acceptors (Lipinski definition) is 3. The molecule has 0 amide bonds. The van der Waals surface area contributed by atoms with Crippen LogP contribution in [0.4, 0.5) is 27.8 Å². The van der Waals surface area contributed by atoms with Gasteiger partial charge in [-0.2, -0.15) is 13.2 Å². The van der Waals surface area contributed by atoms with Gasteiger partial charge in [-0.05, 0) is 25.8 Å². The molecule has 1 aliphatic heterocycles. The maximum Gasteiger partial charge on any atom is 0.418 e. The van der Waals surface area contributed by atoms with Crippen molar-refractivity contribution in [2.75, 3.05) is 18.0 Å². The highest BCUT2D eigenvalue weighted by Gasteiger charge is 2.39. The molecule has 1 aromatic heterocycles. The molecule has 9 heteroatoms. The van der Waals surface area contributed by atoms with E-state index in [1.165, 1.54) is 4.90 Å². The molecular weight excluding hydrogens is 335 g/mol. The van der Waals surface area contributed by atoms with Crippen LogP contribution in [0.2, 0.25) is 0 Å². The Morgan fingerprint density at radius 1 is 1.21 bits per heavy atom. The molecular formula is C15H17F5N2O2. The number of carboxylic acid groups (broad SMARTS) is 1. The summed E-state index contributed by atoms with van der Waals surface area (Å²) in [5.41, 5.74) is -2.49. The Bertz CT molecular complexity index is 658. The lowest BCUT2D eigenvalue weighted by Gasteiger charge is -2.26. The minimum Gasteiger partial charge on any atom is -0.478 e. The van der Waals surface area contributed by atoms with Crippen LogP contribution in [-0.2, 0) is 6.18 Å². The highest BCUT2D eigenvalue weighted by atomic mass is 19.4. The molecule has 24 heavy (non-hydrogen) atoms. The summed E-state index contributed by atoms with van der Waals surface area (Å²) in [6.45, 7) is 2.16. The number of hydrogen-bond donors (Lipinski definition) is 1. The number of aromatic nitrogens is 1. The number of aromatic carboxylic acids is 1. The third-order valence-electron chi connectivity index (χ3n) is 4.12. The second-order valence-electron chi connectivity index (χ2n) is 5.90. The zero-order valence-corrected chi connectivity index (χ0v) is 13.2. The van der Waals surface area contributed by atoms with Crippen LogP contribution in [0.1, 0.15) is 46.4 Å². The maximum absolute atomic E-state index is 13.5. The SMILES string of the molecule is Cc1nc(N2CCCC(F)(F)CC2)c(C(=O)O)c(C)c1C(F)(F)F. The van der Waals surface area contributed by atoms with Crippen molar-refractivity contribution >= 4 is 11.8 Å². The fourth-order valence-electron chi connectivity index (χ4n) is 3.01. The van der Waals surface area contributed by atoms with E-state index in [-0.39, 0.29) is 37.4 Å². The van der Waals surface area contributed by atoms with Gasteiger partial charge in [-0.1, -0.05) is 0 Å². The number of alkyl halides is 5. The van der Waals surface area contributed by atoms with Crippen LogP contribution in [0.3, 0.4) is 0 Å². The van der Waals surface area contributed by atoms with Crippen molar-refractivity contribution in [1.82, 2.24) is 4.98 Å². The predicted octanol–water partition coefficient (Wildman–Crippen LogP) is 4.04. The summed E-state index contributed by atoms with van der Waals surface area (Å²) < 4.78 is 66.4.